The van der Waals surface area contributed by atoms with Crippen molar-refractivity contribution < 1.29 is 23.1 Å². The highest BCUT2D eigenvalue weighted by Gasteiger charge is 2.34. The molecule has 1 aliphatic heterocycles. The summed E-state index contributed by atoms with van der Waals surface area (Å²) in [5, 5.41) is 9.03. The van der Waals surface area contributed by atoms with Crippen LogP contribution in [0, 0.1) is 0 Å². The molecule has 1 unspecified atom stereocenters. The molecular weight excluding hydrogens is 362 g/mol. The fraction of sp³-hybridized carbons (Fsp3) is 0.462. The molecule has 2 rings (SSSR count). The van der Waals surface area contributed by atoms with Crippen LogP contribution in [0.4, 0.5) is 0 Å². The van der Waals surface area contributed by atoms with Crippen molar-refractivity contribution in [2.75, 3.05) is 19.8 Å². The van der Waals surface area contributed by atoms with Gasteiger partial charge in [-0.25, -0.2) is 13.2 Å². The van der Waals surface area contributed by atoms with Gasteiger partial charge in [-0.2, -0.15) is 4.31 Å². The van der Waals surface area contributed by atoms with E-state index in [0.29, 0.717) is 24.1 Å². The fourth-order valence-corrected chi connectivity index (χ4v) is 4.86. The second-order valence-electron chi connectivity index (χ2n) is 4.70. The van der Waals surface area contributed by atoms with Gasteiger partial charge in [0.15, 0.2) is 0 Å². The molecule has 1 aliphatic rings. The molecular formula is C13H16BrNO5S. The third kappa shape index (κ3) is 3.28. The van der Waals surface area contributed by atoms with E-state index in [0.717, 1.165) is 0 Å². The van der Waals surface area contributed by atoms with E-state index in [1.165, 1.54) is 22.5 Å². The standard InChI is InChI=1S/C13H16BrNO5S/c1-2-10-8-20-6-5-15(10)21(18,19)12-7-9(13(16)17)3-4-11(12)14/h3-4,7,10H,2,5-6,8H2,1H3,(H,16,17). The maximum atomic E-state index is 12.8. The average Bonchev–Trinajstić information content (AvgIpc) is 2.47. The van der Waals surface area contributed by atoms with Crippen LogP contribution in [0.25, 0.3) is 0 Å². The molecule has 1 saturated heterocycles. The number of hydrogen-bond donors (Lipinski definition) is 1. The third-order valence-electron chi connectivity index (χ3n) is 3.41. The molecule has 0 aromatic heterocycles. The summed E-state index contributed by atoms with van der Waals surface area (Å²) in [6.45, 7) is 2.85. The van der Waals surface area contributed by atoms with Crippen LogP contribution in [0.15, 0.2) is 27.6 Å². The van der Waals surface area contributed by atoms with Gasteiger partial charge in [0.05, 0.1) is 23.7 Å². The Balaban J connectivity index is 2.47. The normalized spacial score (nSPS) is 20.4. The van der Waals surface area contributed by atoms with E-state index in [9.17, 15) is 13.2 Å². The Bertz CT molecular complexity index is 646. The first-order valence-electron chi connectivity index (χ1n) is 6.50. The van der Waals surface area contributed by atoms with Gasteiger partial charge in [-0.1, -0.05) is 6.92 Å². The molecule has 1 heterocycles. The first-order valence-corrected chi connectivity index (χ1v) is 8.73. The minimum atomic E-state index is -3.77. The van der Waals surface area contributed by atoms with Gasteiger partial charge in [-0.3, -0.25) is 0 Å². The van der Waals surface area contributed by atoms with Crippen LogP contribution in [0.1, 0.15) is 23.7 Å². The molecule has 0 spiro atoms. The quantitative estimate of drug-likeness (QED) is 0.866. The Hall–Kier alpha value is -0.960. The van der Waals surface area contributed by atoms with E-state index in [2.05, 4.69) is 15.9 Å². The zero-order chi connectivity index (χ0) is 15.6. The molecule has 1 atom stereocenters. The Morgan fingerprint density at radius 3 is 2.86 bits per heavy atom. The molecule has 0 amide bonds. The Labute approximate surface area is 131 Å². The molecule has 0 radical (unpaired) electrons. The number of carboxylic acid groups (broad SMARTS) is 1. The lowest BCUT2D eigenvalue weighted by Gasteiger charge is -2.34. The number of sulfonamides is 1. The number of carboxylic acids is 1. The van der Waals surface area contributed by atoms with Crippen molar-refractivity contribution in [3.05, 3.63) is 28.2 Å². The van der Waals surface area contributed by atoms with E-state index in [-0.39, 0.29) is 23.0 Å². The molecule has 1 fully saturated rings. The van der Waals surface area contributed by atoms with Gasteiger partial charge >= 0.3 is 5.97 Å². The van der Waals surface area contributed by atoms with Crippen molar-refractivity contribution in [1.29, 1.82) is 0 Å². The van der Waals surface area contributed by atoms with Gasteiger partial charge in [-0.05, 0) is 40.5 Å². The Morgan fingerprint density at radius 2 is 2.24 bits per heavy atom. The molecule has 0 aliphatic carbocycles. The second kappa shape index (κ2) is 6.43. The zero-order valence-corrected chi connectivity index (χ0v) is 13.9. The first kappa shape index (κ1) is 16.4. The summed E-state index contributed by atoms with van der Waals surface area (Å²) in [6.07, 6.45) is 0.634. The predicted octanol–water partition coefficient (Wildman–Crippen LogP) is 1.95. The zero-order valence-electron chi connectivity index (χ0n) is 11.5. The number of hydrogen-bond acceptors (Lipinski definition) is 4. The maximum absolute atomic E-state index is 12.8. The highest BCUT2D eigenvalue weighted by Crippen LogP contribution is 2.29. The van der Waals surface area contributed by atoms with Crippen LogP contribution in [0.5, 0.6) is 0 Å². The largest absolute Gasteiger partial charge is 0.478 e. The van der Waals surface area contributed by atoms with Crippen molar-refractivity contribution in [1.82, 2.24) is 4.31 Å². The highest BCUT2D eigenvalue weighted by molar-refractivity contribution is 9.10. The summed E-state index contributed by atoms with van der Waals surface area (Å²) in [5.74, 6) is -1.16. The fourth-order valence-electron chi connectivity index (χ4n) is 2.24. The molecule has 0 saturated carbocycles. The first-order chi connectivity index (χ1) is 9.87. The number of halogens is 1. The molecule has 8 heteroatoms. The number of benzene rings is 1. The molecule has 1 aromatic carbocycles. The van der Waals surface area contributed by atoms with Gasteiger partial charge in [0.1, 0.15) is 0 Å². The lowest BCUT2D eigenvalue weighted by atomic mass is 10.2. The average molecular weight is 378 g/mol. The minimum Gasteiger partial charge on any atom is -0.478 e. The number of aromatic carboxylic acids is 1. The van der Waals surface area contributed by atoms with Crippen LogP contribution in [0.3, 0.4) is 0 Å². The summed E-state index contributed by atoms with van der Waals surface area (Å²) >= 11 is 3.19. The summed E-state index contributed by atoms with van der Waals surface area (Å²) in [5.41, 5.74) is -0.0573. The highest BCUT2D eigenvalue weighted by atomic mass is 79.9. The minimum absolute atomic E-state index is 0.0252. The van der Waals surface area contributed by atoms with Crippen LogP contribution in [-0.4, -0.2) is 49.6 Å². The van der Waals surface area contributed by atoms with Gasteiger partial charge in [0.2, 0.25) is 10.0 Å². The monoisotopic (exact) mass is 377 g/mol. The SMILES string of the molecule is CCC1COCCN1S(=O)(=O)c1cc(C(=O)O)ccc1Br. The Morgan fingerprint density at radius 1 is 1.52 bits per heavy atom. The van der Waals surface area contributed by atoms with Gasteiger partial charge in [0.25, 0.3) is 0 Å². The number of nitrogens with zero attached hydrogens (tertiary/aromatic N) is 1. The van der Waals surface area contributed by atoms with Gasteiger partial charge in [-0.15, -0.1) is 0 Å². The van der Waals surface area contributed by atoms with Crippen LogP contribution >= 0.6 is 15.9 Å². The van der Waals surface area contributed by atoms with E-state index in [1.54, 1.807) is 0 Å². The summed E-state index contributed by atoms with van der Waals surface area (Å²) in [7, 11) is -3.77. The van der Waals surface area contributed by atoms with Crippen LogP contribution in [0.2, 0.25) is 0 Å². The lowest BCUT2D eigenvalue weighted by molar-refractivity contribution is 0.0314. The summed E-state index contributed by atoms with van der Waals surface area (Å²) in [4.78, 5) is 11.0. The molecule has 6 nitrogen and oxygen atoms in total. The topological polar surface area (TPSA) is 83.9 Å². The van der Waals surface area contributed by atoms with E-state index in [4.69, 9.17) is 9.84 Å². The van der Waals surface area contributed by atoms with Crippen molar-refractivity contribution in [2.45, 2.75) is 24.3 Å². The number of carbonyl (C=O) groups is 1. The molecule has 1 N–H and O–H groups in total. The molecule has 21 heavy (non-hydrogen) atoms. The van der Waals surface area contributed by atoms with Gasteiger partial charge in [0, 0.05) is 17.1 Å². The van der Waals surface area contributed by atoms with Crippen molar-refractivity contribution in [3.63, 3.8) is 0 Å². The lowest BCUT2D eigenvalue weighted by Crippen LogP contribution is -2.48. The molecule has 0 bridgehead atoms. The number of morpholine rings is 1. The van der Waals surface area contributed by atoms with E-state index in [1.807, 2.05) is 6.92 Å². The number of rotatable bonds is 4. The van der Waals surface area contributed by atoms with Crippen molar-refractivity contribution in [2.24, 2.45) is 0 Å². The third-order valence-corrected chi connectivity index (χ3v) is 6.36. The van der Waals surface area contributed by atoms with Crippen molar-refractivity contribution >= 4 is 31.9 Å². The summed E-state index contributed by atoms with van der Waals surface area (Å²) < 4.78 is 32.7. The smallest absolute Gasteiger partial charge is 0.335 e. The van der Waals surface area contributed by atoms with Gasteiger partial charge < -0.3 is 9.84 Å². The maximum Gasteiger partial charge on any atom is 0.335 e. The van der Waals surface area contributed by atoms with Crippen LogP contribution in [-0.2, 0) is 14.8 Å². The van der Waals surface area contributed by atoms with E-state index < -0.39 is 16.0 Å². The number of ether oxygens (including phenoxy) is 1. The van der Waals surface area contributed by atoms with E-state index >= 15 is 0 Å². The Kier molecular flexibility index (Phi) is 5.03. The summed E-state index contributed by atoms with van der Waals surface area (Å²) in [6, 6.07) is 3.76. The van der Waals surface area contributed by atoms with Crippen molar-refractivity contribution in [3.8, 4) is 0 Å². The van der Waals surface area contributed by atoms with Crippen LogP contribution < -0.4 is 0 Å². The second-order valence-corrected chi connectivity index (χ2v) is 7.42. The molecule has 1 aromatic rings. The molecule has 116 valence electrons. The predicted molar refractivity (Wildman–Crippen MR) is 79.9 cm³/mol.